The van der Waals surface area contributed by atoms with Gasteiger partial charge >= 0.3 is 0 Å². The van der Waals surface area contributed by atoms with E-state index in [0.29, 0.717) is 17.7 Å². The first-order chi connectivity index (χ1) is 4.16. The van der Waals surface area contributed by atoms with Gasteiger partial charge < -0.3 is 10.1 Å². The summed E-state index contributed by atoms with van der Waals surface area (Å²) in [7, 11) is 1.75. The largest absolute Gasteiger partial charge is 0.471 e. The Balaban J connectivity index is 3.17. The third-order valence-corrected chi connectivity index (χ3v) is 1.07. The fourth-order valence-corrected chi connectivity index (χ4v) is 0.383. The van der Waals surface area contributed by atoms with Crippen LogP contribution in [0.3, 0.4) is 0 Å². The van der Waals surface area contributed by atoms with Crippen LogP contribution in [0.4, 0.5) is 0 Å². The average molecular weight is 147 g/mol. The van der Waals surface area contributed by atoms with Crippen molar-refractivity contribution in [3.05, 3.63) is 0 Å². The van der Waals surface area contributed by atoms with Gasteiger partial charge in [-0.2, -0.15) is 0 Å². The second kappa shape index (κ2) is 4.56. The highest BCUT2D eigenvalue weighted by atomic mass is 32.1. The lowest BCUT2D eigenvalue weighted by atomic mass is 10.2. The van der Waals surface area contributed by atoms with Crippen LogP contribution in [0.5, 0.6) is 0 Å². The van der Waals surface area contributed by atoms with Gasteiger partial charge in [-0.15, -0.1) is 0 Å². The van der Waals surface area contributed by atoms with Crippen molar-refractivity contribution in [2.75, 3.05) is 13.7 Å². The van der Waals surface area contributed by atoms with E-state index >= 15 is 0 Å². The Hall–Kier alpha value is -0.310. The van der Waals surface area contributed by atoms with E-state index in [1.807, 2.05) is 0 Å². The molecule has 0 unspecified atom stereocenters. The molecule has 0 radical (unpaired) electrons. The monoisotopic (exact) mass is 147 g/mol. The molecular weight excluding hydrogens is 134 g/mol. The van der Waals surface area contributed by atoms with E-state index < -0.39 is 0 Å². The van der Waals surface area contributed by atoms with Crippen LogP contribution in [-0.2, 0) is 4.74 Å². The average Bonchev–Trinajstić information content (AvgIpc) is 1.83. The maximum atomic E-state index is 5.07. The van der Waals surface area contributed by atoms with E-state index in [4.69, 9.17) is 17.0 Å². The van der Waals surface area contributed by atoms with Crippen LogP contribution in [0.25, 0.3) is 0 Å². The zero-order valence-corrected chi connectivity index (χ0v) is 6.92. The van der Waals surface area contributed by atoms with Crippen LogP contribution in [0, 0.1) is 5.92 Å². The minimum atomic E-state index is 0.476. The summed E-state index contributed by atoms with van der Waals surface area (Å²) in [5.41, 5.74) is 0. The Morgan fingerprint density at radius 2 is 2.22 bits per heavy atom. The normalized spacial score (nSPS) is 9.33. The van der Waals surface area contributed by atoms with Gasteiger partial charge in [0.2, 0.25) is 0 Å². The number of hydrogen-bond acceptors (Lipinski definition) is 2. The third-order valence-electron chi connectivity index (χ3n) is 0.752. The maximum absolute atomic E-state index is 5.07. The molecule has 0 aromatic heterocycles. The summed E-state index contributed by atoms with van der Waals surface area (Å²) in [5.74, 6) is 0.538. The molecule has 1 N–H and O–H groups in total. The molecule has 0 rings (SSSR count). The quantitative estimate of drug-likeness (QED) is 0.592. The van der Waals surface area contributed by atoms with Crippen LogP contribution in [0.15, 0.2) is 0 Å². The summed E-state index contributed by atoms with van der Waals surface area (Å²) in [6.45, 7) is 4.86. The predicted octanol–water partition coefficient (Wildman–Crippen LogP) is 1.16. The van der Waals surface area contributed by atoms with Crippen LogP contribution >= 0.6 is 12.2 Å². The van der Waals surface area contributed by atoms with Crippen molar-refractivity contribution >= 4 is 17.4 Å². The lowest BCUT2D eigenvalue weighted by molar-refractivity contribution is 0.256. The minimum absolute atomic E-state index is 0.476. The fraction of sp³-hybridized carbons (Fsp3) is 0.833. The Bertz CT molecular complexity index is 93.1. The molecule has 0 aliphatic rings. The molecule has 0 atom stereocenters. The molecular formula is C6H13NOS. The number of nitrogens with one attached hydrogen (secondary N) is 1. The van der Waals surface area contributed by atoms with Crippen molar-refractivity contribution in [2.24, 2.45) is 5.92 Å². The van der Waals surface area contributed by atoms with Crippen LogP contribution < -0.4 is 5.32 Å². The van der Waals surface area contributed by atoms with Crippen molar-refractivity contribution in [2.45, 2.75) is 13.8 Å². The van der Waals surface area contributed by atoms with E-state index in [0.717, 1.165) is 0 Å². The van der Waals surface area contributed by atoms with Gasteiger partial charge in [0.25, 0.3) is 5.17 Å². The first-order valence-electron chi connectivity index (χ1n) is 3.01. The lowest BCUT2D eigenvalue weighted by Gasteiger charge is -2.07. The van der Waals surface area contributed by atoms with Crippen molar-refractivity contribution in [1.29, 1.82) is 0 Å². The van der Waals surface area contributed by atoms with Gasteiger partial charge in [0.15, 0.2) is 0 Å². The molecule has 0 saturated heterocycles. The van der Waals surface area contributed by atoms with E-state index in [1.165, 1.54) is 0 Å². The molecule has 54 valence electrons. The molecule has 0 aromatic rings. The highest BCUT2D eigenvalue weighted by Gasteiger charge is 1.94. The Morgan fingerprint density at radius 1 is 1.67 bits per heavy atom. The zero-order chi connectivity index (χ0) is 7.28. The first-order valence-corrected chi connectivity index (χ1v) is 3.42. The second-order valence-electron chi connectivity index (χ2n) is 2.24. The molecule has 0 spiro atoms. The topological polar surface area (TPSA) is 21.3 Å². The summed E-state index contributed by atoms with van der Waals surface area (Å²) in [6, 6.07) is 0. The standard InChI is InChI=1S/C6H13NOS/c1-5(2)4-8-6(9)7-3/h5H,4H2,1-3H3,(H,7,9). The van der Waals surface area contributed by atoms with E-state index in [9.17, 15) is 0 Å². The summed E-state index contributed by atoms with van der Waals surface area (Å²) >= 11 is 4.74. The molecule has 0 bridgehead atoms. The van der Waals surface area contributed by atoms with Crippen LogP contribution in [0.2, 0.25) is 0 Å². The lowest BCUT2D eigenvalue weighted by Crippen LogP contribution is -2.20. The third kappa shape index (κ3) is 5.56. The smallest absolute Gasteiger partial charge is 0.256 e. The highest BCUT2D eigenvalue weighted by molar-refractivity contribution is 7.80. The molecule has 0 saturated carbocycles. The number of ether oxygens (including phenoxy) is 1. The Morgan fingerprint density at radius 3 is 2.56 bits per heavy atom. The molecule has 0 aliphatic heterocycles. The molecule has 0 aliphatic carbocycles. The van der Waals surface area contributed by atoms with E-state index in [1.54, 1.807) is 7.05 Å². The van der Waals surface area contributed by atoms with Gasteiger partial charge in [-0.1, -0.05) is 13.8 Å². The molecule has 0 aromatic carbocycles. The van der Waals surface area contributed by atoms with Crippen molar-refractivity contribution < 1.29 is 4.74 Å². The molecule has 3 heteroatoms. The predicted molar refractivity (Wildman–Crippen MR) is 42.4 cm³/mol. The van der Waals surface area contributed by atoms with E-state index in [-0.39, 0.29) is 0 Å². The van der Waals surface area contributed by atoms with Crippen LogP contribution in [-0.4, -0.2) is 18.8 Å². The van der Waals surface area contributed by atoms with Gasteiger partial charge in [0.05, 0.1) is 6.61 Å². The Kier molecular flexibility index (Phi) is 4.40. The Labute approximate surface area is 61.6 Å². The van der Waals surface area contributed by atoms with E-state index in [2.05, 4.69) is 19.2 Å². The van der Waals surface area contributed by atoms with Gasteiger partial charge in [-0.25, -0.2) is 0 Å². The van der Waals surface area contributed by atoms with Gasteiger partial charge in [-0.05, 0) is 18.1 Å². The van der Waals surface area contributed by atoms with Gasteiger partial charge in [0, 0.05) is 7.05 Å². The summed E-state index contributed by atoms with van der Waals surface area (Å²) < 4.78 is 5.07. The van der Waals surface area contributed by atoms with Crippen LogP contribution in [0.1, 0.15) is 13.8 Å². The number of hydrogen-bond donors (Lipinski definition) is 1. The summed E-state index contributed by atoms with van der Waals surface area (Å²) in [6.07, 6.45) is 0. The van der Waals surface area contributed by atoms with Crippen molar-refractivity contribution in [1.82, 2.24) is 5.32 Å². The maximum Gasteiger partial charge on any atom is 0.256 e. The fourth-order valence-electron chi connectivity index (χ4n) is 0.315. The number of rotatable bonds is 2. The highest BCUT2D eigenvalue weighted by Crippen LogP contribution is 1.91. The minimum Gasteiger partial charge on any atom is -0.471 e. The number of thiocarbonyl (C=S) groups is 1. The van der Waals surface area contributed by atoms with Crippen molar-refractivity contribution in [3.8, 4) is 0 Å². The molecule has 0 fully saturated rings. The SMILES string of the molecule is CNC(=S)OCC(C)C. The molecule has 9 heavy (non-hydrogen) atoms. The summed E-state index contributed by atoms with van der Waals surface area (Å²) in [4.78, 5) is 0. The van der Waals surface area contributed by atoms with Crippen molar-refractivity contribution in [3.63, 3.8) is 0 Å². The molecule has 2 nitrogen and oxygen atoms in total. The second-order valence-corrected chi connectivity index (χ2v) is 2.61. The zero-order valence-electron chi connectivity index (χ0n) is 6.10. The summed E-state index contributed by atoms with van der Waals surface area (Å²) in [5, 5.41) is 3.21. The van der Waals surface area contributed by atoms with Gasteiger partial charge in [0.1, 0.15) is 0 Å². The first kappa shape index (κ1) is 8.69. The van der Waals surface area contributed by atoms with Gasteiger partial charge in [-0.3, -0.25) is 0 Å². The molecule has 0 heterocycles. The molecule has 0 amide bonds.